The van der Waals surface area contributed by atoms with E-state index < -0.39 is 29.2 Å². The van der Waals surface area contributed by atoms with Crippen LogP contribution in [0.25, 0.3) is 0 Å². The van der Waals surface area contributed by atoms with E-state index >= 15 is 0 Å². The summed E-state index contributed by atoms with van der Waals surface area (Å²) in [7, 11) is 0. The van der Waals surface area contributed by atoms with Gasteiger partial charge in [-0.15, -0.1) is 11.3 Å². The molecular weight excluding hydrogens is 304 g/mol. The monoisotopic (exact) mass is 313 g/mol. The number of nitrogens with zero attached hydrogens (tertiary/aromatic N) is 2. The Morgan fingerprint density at radius 1 is 1.43 bits per heavy atom. The highest BCUT2D eigenvalue weighted by Gasteiger charge is 2.18. The summed E-state index contributed by atoms with van der Waals surface area (Å²) in [6.45, 7) is 1.45. The summed E-state index contributed by atoms with van der Waals surface area (Å²) in [6, 6.07) is 1.05. The van der Waals surface area contributed by atoms with E-state index in [2.05, 4.69) is 15.3 Å². The Morgan fingerprint density at radius 3 is 2.76 bits per heavy atom. The second-order valence-electron chi connectivity index (χ2n) is 3.97. The van der Waals surface area contributed by atoms with Gasteiger partial charge in [0.05, 0.1) is 17.8 Å². The van der Waals surface area contributed by atoms with Crippen LogP contribution in [0.5, 0.6) is 0 Å². The second-order valence-corrected chi connectivity index (χ2v) is 5.06. The van der Waals surface area contributed by atoms with Crippen LogP contribution in [0.15, 0.2) is 12.3 Å². The third kappa shape index (κ3) is 3.19. The molecule has 2 N–H and O–H groups in total. The van der Waals surface area contributed by atoms with Crippen molar-refractivity contribution in [2.24, 2.45) is 0 Å². The van der Waals surface area contributed by atoms with E-state index in [1.165, 1.54) is 6.92 Å². The summed E-state index contributed by atoms with van der Waals surface area (Å²) in [5, 5.41) is 11.6. The Labute approximate surface area is 121 Å². The van der Waals surface area contributed by atoms with E-state index in [9.17, 15) is 18.4 Å². The Kier molecular flexibility index (Phi) is 4.22. The predicted octanol–water partition coefficient (Wildman–Crippen LogP) is 1.75. The minimum atomic E-state index is -1.36. The van der Waals surface area contributed by atoms with Crippen LogP contribution in [-0.2, 0) is 6.54 Å². The number of aromatic carboxylic acids is 1. The minimum absolute atomic E-state index is 0.0698. The zero-order chi connectivity index (χ0) is 15.6. The van der Waals surface area contributed by atoms with E-state index in [1.807, 2.05) is 0 Å². The van der Waals surface area contributed by atoms with E-state index in [0.29, 0.717) is 10.7 Å². The fourth-order valence-corrected chi connectivity index (χ4v) is 2.41. The molecule has 0 bridgehead atoms. The molecule has 2 aromatic rings. The molecule has 0 aromatic carbocycles. The van der Waals surface area contributed by atoms with Crippen LogP contribution in [0.3, 0.4) is 0 Å². The lowest BCUT2D eigenvalue weighted by molar-refractivity contribution is 0.0701. The van der Waals surface area contributed by atoms with Gasteiger partial charge >= 0.3 is 5.97 Å². The Balaban J connectivity index is 2.09. The molecule has 2 rings (SSSR count). The quantitative estimate of drug-likeness (QED) is 0.839. The fraction of sp³-hybridized carbons (Fsp3) is 0.167. The highest BCUT2D eigenvalue weighted by atomic mass is 32.1. The number of amides is 1. The Morgan fingerprint density at radius 2 is 2.14 bits per heavy atom. The van der Waals surface area contributed by atoms with Gasteiger partial charge in [-0.2, -0.15) is 4.39 Å². The average molecular weight is 313 g/mol. The molecule has 0 radical (unpaired) electrons. The van der Waals surface area contributed by atoms with Gasteiger partial charge in [-0.25, -0.2) is 19.2 Å². The molecule has 0 saturated carbocycles. The largest absolute Gasteiger partial charge is 0.477 e. The van der Waals surface area contributed by atoms with Crippen LogP contribution >= 0.6 is 11.3 Å². The van der Waals surface area contributed by atoms with Crippen molar-refractivity contribution < 1.29 is 23.5 Å². The third-order valence-corrected chi connectivity index (χ3v) is 3.67. The van der Waals surface area contributed by atoms with Crippen molar-refractivity contribution >= 4 is 23.2 Å². The number of aromatic nitrogens is 2. The molecule has 0 saturated heterocycles. The maximum Gasteiger partial charge on any atom is 0.347 e. The van der Waals surface area contributed by atoms with Gasteiger partial charge in [-0.05, 0) is 13.0 Å². The van der Waals surface area contributed by atoms with Gasteiger partial charge in [0.2, 0.25) is 5.95 Å². The number of pyridine rings is 1. The van der Waals surface area contributed by atoms with Crippen LogP contribution in [0.4, 0.5) is 8.78 Å². The molecule has 0 aliphatic carbocycles. The number of halogens is 2. The number of nitrogens with one attached hydrogen (secondary N) is 1. The maximum absolute atomic E-state index is 13.4. The maximum atomic E-state index is 13.4. The van der Waals surface area contributed by atoms with Gasteiger partial charge in [-0.1, -0.05) is 0 Å². The standard InChI is InChI=1S/C12H9F2N3O3S/c1-5-9(12(19)20)21-7(17-5)4-16-11(18)6-2-3-15-10(14)8(6)13/h2-3H,4H2,1H3,(H,16,18)(H,19,20). The van der Waals surface area contributed by atoms with Crippen LogP contribution in [0.1, 0.15) is 30.7 Å². The molecule has 0 fully saturated rings. The van der Waals surface area contributed by atoms with Crippen molar-refractivity contribution in [3.63, 3.8) is 0 Å². The molecule has 21 heavy (non-hydrogen) atoms. The molecule has 0 aliphatic rings. The molecule has 6 nitrogen and oxygen atoms in total. The predicted molar refractivity (Wildman–Crippen MR) is 69.1 cm³/mol. The third-order valence-electron chi connectivity index (χ3n) is 2.53. The van der Waals surface area contributed by atoms with E-state index in [-0.39, 0.29) is 11.4 Å². The van der Waals surface area contributed by atoms with Crippen LogP contribution in [0.2, 0.25) is 0 Å². The lowest BCUT2D eigenvalue weighted by Gasteiger charge is -2.04. The van der Waals surface area contributed by atoms with Crippen LogP contribution in [-0.4, -0.2) is 27.0 Å². The number of aryl methyl sites for hydroxylation is 1. The summed E-state index contributed by atoms with van der Waals surface area (Å²) in [5.74, 6) is -4.64. The van der Waals surface area contributed by atoms with Gasteiger partial charge in [0.15, 0.2) is 5.82 Å². The van der Waals surface area contributed by atoms with Gasteiger partial charge in [0, 0.05) is 6.20 Å². The number of rotatable bonds is 4. The first-order chi connectivity index (χ1) is 9.90. The summed E-state index contributed by atoms with van der Waals surface area (Å²) in [4.78, 5) is 29.7. The number of carboxylic acids is 1. The van der Waals surface area contributed by atoms with Gasteiger partial charge < -0.3 is 10.4 Å². The molecule has 0 aliphatic heterocycles. The first kappa shape index (κ1) is 15.0. The second kappa shape index (κ2) is 5.92. The summed E-state index contributed by atoms with van der Waals surface area (Å²) in [6.07, 6.45) is 0.976. The zero-order valence-corrected chi connectivity index (χ0v) is 11.5. The number of thiazole rings is 1. The van der Waals surface area contributed by atoms with Crippen molar-refractivity contribution in [3.05, 3.63) is 45.2 Å². The molecule has 9 heteroatoms. The highest BCUT2D eigenvalue weighted by Crippen LogP contribution is 2.18. The number of hydrogen-bond acceptors (Lipinski definition) is 5. The summed E-state index contributed by atoms with van der Waals surface area (Å²) < 4.78 is 26.3. The zero-order valence-electron chi connectivity index (χ0n) is 10.7. The van der Waals surface area contributed by atoms with Crippen molar-refractivity contribution in [1.29, 1.82) is 0 Å². The number of carbonyl (C=O) groups is 2. The lowest BCUT2D eigenvalue weighted by atomic mass is 10.2. The molecule has 110 valence electrons. The van der Waals surface area contributed by atoms with Crippen LogP contribution < -0.4 is 5.32 Å². The molecule has 0 atom stereocenters. The first-order valence-corrected chi connectivity index (χ1v) is 6.49. The smallest absolute Gasteiger partial charge is 0.347 e. The van der Waals surface area contributed by atoms with E-state index in [1.54, 1.807) is 0 Å². The topological polar surface area (TPSA) is 92.2 Å². The molecule has 0 spiro atoms. The van der Waals surface area contributed by atoms with Crippen LogP contribution in [0, 0.1) is 18.7 Å². The first-order valence-electron chi connectivity index (χ1n) is 5.68. The van der Waals surface area contributed by atoms with Gasteiger partial charge in [0.1, 0.15) is 9.88 Å². The van der Waals surface area contributed by atoms with E-state index in [0.717, 1.165) is 23.6 Å². The lowest BCUT2D eigenvalue weighted by Crippen LogP contribution is -2.24. The molecule has 1 amide bonds. The molecular formula is C12H9F2N3O3S. The van der Waals surface area contributed by atoms with Crippen molar-refractivity contribution in [3.8, 4) is 0 Å². The minimum Gasteiger partial charge on any atom is -0.477 e. The normalized spacial score (nSPS) is 10.4. The summed E-state index contributed by atoms with van der Waals surface area (Å²) >= 11 is 0.907. The van der Waals surface area contributed by atoms with Crippen molar-refractivity contribution in [2.75, 3.05) is 0 Å². The molecule has 2 heterocycles. The van der Waals surface area contributed by atoms with Crippen molar-refractivity contribution in [2.45, 2.75) is 13.5 Å². The number of carbonyl (C=O) groups excluding carboxylic acids is 1. The number of carboxylic acid groups (broad SMARTS) is 1. The Hall–Kier alpha value is -2.42. The fourth-order valence-electron chi connectivity index (χ4n) is 1.57. The average Bonchev–Trinajstić information content (AvgIpc) is 2.80. The number of hydrogen-bond donors (Lipinski definition) is 2. The Bertz CT molecular complexity index is 718. The van der Waals surface area contributed by atoms with Gasteiger partial charge in [0.25, 0.3) is 5.91 Å². The van der Waals surface area contributed by atoms with E-state index in [4.69, 9.17) is 5.11 Å². The van der Waals surface area contributed by atoms with Crippen molar-refractivity contribution in [1.82, 2.24) is 15.3 Å². The molecule has 0 unspecified atom stereocenters. The SMILES string of the molecule is Cc1nc(CNC(=O)c2ccnc(F)c2F)sc1C(=O)O. The summed E-state index contributed by atoms with van der Waals surface area (Å²) in [5.41, 5.74) is -0.146. The van der Waals surface area contributed by atoms with Gasteiger partial charge in [-0.3, -0.25) is 4.79 Å². The molecule has 2 aromatic heterocycles. The highest BCUT2D eigenvalue weighted by molar-refractivity contribution is 7.13.